The zero-order valence-corrected chi connectivity index (χ0v) is 11.7. The molecule has 0 aromatic heterocycles. The Morgan fingerprint density at radius 2 is 1.95 bits per heavy atom. The molecule has 0 heterocycles. The third-order valence-corrected chi connectivity index (χ3v) is 4.21. The second kappa shape index (κ2) is 6.71. The molecule has 3 heteroatoms. The van der Waals surface area contributed by atoms with Gasteiger partial charge in [-0.1, -0.05) is 25.1 Å². The molecule has 19 heavy (non-hydrogen) atoms. The Hall–Kier alpha value is -1.35. The summed E-state index contributed by atoms with van der Waals surface area (Å²) in [6, 6.07) is 8.05. The number of anilines is 1. The predicted octanol–water partition coefficient (Wildman–Crippen LogP) is 2.95. The first-order chi connectivity index (χ1) is 9.24. The number of rotatable bonds is 4. The van der Waals surface area contributed by atoms with Crippen LogP contribution in [0.4, 0.5) is 5.69 Å². The Morgan fingerprint density at radius 1 is 1.26 bits per heavy atom. The molecule has 0 aliphatic heterocycles. The van der Waals surface area contributed by atoms with E-state index < -0.39 is 0 Å². The van der Waals surface area contributed by atoms with Gasteiger partial charge in [0, 0.05) is 11.6 Å². The van der Waals surface area contributed by atoms with Crippen LogP contribution < -0.4 is 11.1 Å². The molecule has 104 valence electrons. The highest BCUT2D eigenvalue weighted by Gasteiger charge is 2.25. The van der Waals surface area contributed by atoms with E-state index in [0.29, 0.717) is 5.92 Å². The van der Waals surface area contributed by atoms with Crippen LogP contribution in [0.15, 0.2) is 24.3 Å². The molecule has 0 radical (unpaired) electrons. The summed E-state index contributed by atoms with van der Waals surface area (Å²) in [7, 11) is 0. The Kier molecular flexibility index (Phi) is 4.97. The van der Waals surface area contributed by atoms with Gasteiger partial charge in [0.05, 0.1) is 0 Å². The molecule has 1 amide bonds. The van der Waals surface area contributed by atoms with Crippen LogP contribution >= 0.6 is 0 Å². The second-order valence-corrected chi connectivity index (χ2v) is 5.45. The van der Waals surface area contributed by atoms with E-state index in [0.717, 1.165) is 44.3 Å². The second-order valence-electron chi connectivity index (χ2n) is 5.45. The van der Waals surface area contributed by atoms with E-state index in [1.165, 1.54) is 5.56 Å². The molecule has 0 unspecified atom stereocenters. The van der Waals surface area contributed by atoms with Crippen LogP contribution in [0.3, 0.4) is 0 Å². The maximum Gasteiger partial charge on any atom is 0.227 e. The number of para-hydroxylation sites is 1. The SMILES string of the molecule is CCc1ccccc1NC(=O)C1CCC(CN)CC1. The molecule has 1 saturated carbocycles. The van der Waals surface area contributed by atoms with Gasteiger partial charge in [-0.25, -0.2) is 0 Å². The lowest BCUT2D eigenvalue weighted by molar-refractivity contribution is -0.121. The van der Waals surface area contributed by atoms with Crippen molar-refractivity contribution in [1.29, 1.82) is 0 Å². The van der Waals surface area contributed by atoms with E-state index in [1.807, 2.05) is 18.2 Å². The molecule has 0 atom stereocenters. The number of hydrogen-bond donors (Lipinski definition) is 2. The summed E-state index contributed by atoms with van der Waals surface area (Å²) in [4.78, 5) is 12.3. The fraction of sp³-hybridized carbons (Fsp3) is 0.562. The first-order valence-corrected chi connectivity index (χ1v) is 7.33. The number of carbonyl (C=O) groups is 1. The van der Waals surface area contributed by atoms with Crippen molar-refractivity contribution >= 4 is 11.6 Å². The summed E-state index contributed by atoms with van der Waals surface area (Å²) in [6.07, 6.45) is 5.06. The highest BCUT2D eigenvalue weighted by molar-refractivity contribution is 5.93. The first kappa shape index (κ1) is 14.1. The van der Waals surface area contributed by atoms with Crippen molar-refractivity contribution in [3.63, 3.8) is 0 Å². The minimum atomic E-state index is 0.160. The molecule has 1 aliphatic carbocycles. The molecule has 3 N–H and O–H groups in total. The molecule has 1 fully saturated rings. The van der Waals surface area contributed by atoms with Crippen molar-refractivity contribution in [3.8, 4) is 0 Å². The van der Waals surface area contributed by atoms with Gasteiger partial charge >= 0.3 is 0 Å². The van der Waals surface area contributed by atoms with Crippen LogP contribution in [-0.4, -0.2) is 12.5 Å². The van der Waals surface area contributed by atoms with Gasteiger partial charge in [0.1, 0.15) is 0 Å². The van der Waals surface area contributed by atoms with Gasteiger partial charge in [0.15, 0.2) is 0 Å². The number of nitrogens with two attached hydrogens (primary N) is 1. The molecular formula is C16H24N2O. The Balaban J connectivity index is 1.94. The highest BCUT2D eigenvalue weighted by Crippen LogP contribution is 2.29. The maximum absolute atomic E-state index is 12.3. The smallest absolute Gasteiger partial charge is 0.227 e. The standard InChI is InChI=1S/C16H24N2O/c1-2-13-5-3-4-6-15(13)18-16(19)14-9-7-12(11-17)8-10-14/h3-6,12,14H,2,7-11,17H2,1H3,(H,18,19). The van der Waals surface area contributed by atoms with Gasteiger partial charge in [0.2, 0.25) is 5.91 Å². The van der Waals surface area contributed by atoms with E-state index >= 15 is 0 Å². The van der Waals surface area contributed by atoms with Gasteiger partial charge in [-0.3, -0.25) is 4.79 Å². The normalized spacial score (nSPS) is 23.1. The minimum Gasteiger partial charge on any atom is -0.330 e. The van der Waals surface area contributed by atoms with E-state index in [-0.39, 0.29) is 11.8 Å². The average Bonchev–Trinajstić information content (AvgIpc) is 2.48. The number of amides is 1. The highest BCUT2D eigenvalue weighted by atomic mass is 16.1. The van der Waals surface area contributed by atoms with E-state index in [9.17, 15) is 4.79 Å². The lowest BCUT2D eigenvalue weighted by atomic mass is 9.81. The lowest BCUT2D eigenvalue weighted by Gasteiger charge is -2.27. The van der Waals surface area contributed by atoms with Crippen LogP contribution in [0.5, 0.6) is 0 Å². The molecule has 1 aromatic carbocycles. The maximum atomic E-state index is 12.3. The van der Waals surface area contributed by atoms with Crippen LogP contribution in [-0.2, 0) is 11.2 Å². The van der Waals surface area contributed by atoms with Crippen LogP contribution in [0.25, 0.3) is 0 Å². The van der Waals surface area contributed by atoms with E-state index in [4.69, 9.17) is 5.73 Å². The molecule has 3 nitrogen and oxygen atoms in total. The number of hydrogen-bond acceptors (Lipinski definition) is 2. The van der Waals surface area contributed by atoms with Crippen molar-refractivity contribution < 1.29 is 4.79 Å². The predicted molar refractivity (Wildman–Crippen MR) is 79.0 cm³/mol. The first-order valence-electron chi connectivity index (χ1n) is 7.33. The van der Waals surface area contributed by atoms with E-state index in [2.05, 4.69) is 18.3 Å². The Labute approximate surface area is 115 Å². The largest absolute Gasteiger partial charge is 0.330 e. The van der Waals surface area contributed by atoms with Gasteiger partial charge in [0.25, 0.3) is 0 Å². The van der Waals surface area contributed by atoms with Gasteiger partial charge in [-0.05, 0) is 56.2 Å². The minimum absolute atomic E-state index is 0.160. The number of aryl methyl sites for hydroxylation is 1. The summed E-state index contributed by atoms with van der Waals surface area (Å²) < 4.78 is 0. The fourth-order valence-electron chi connectivity index (χ4n) is 2.85. The van der Waals surface area contributed by atoms with Crippen molar-refractivity contribution in [3.05, 3.63) is 29.8 Å². The molecule has 0 saturated heterocycles. The summed E-state index contributed by atoms with van der Waals surface area (Å²) in [5.41, 5.74) is 7.85. The quantitative estimate of drug-likeness (QED) is 0.874. The third kappa shape index (κ3) is 3.57. The third-order valence-electron chi connectivity index (χ3n) is 4.21. The van der Waals surface area contributed by atoms with Crippen LogP contribution in [0.2, 0.25) is 0 Å². The topological polar surface area (TPSA) is 55.1 Å². The van der Waals surface area contributed by atoms with Crippen molar-refractivity contribution in [1.82, 2.24) is 0 Å². The van der Waals surface area contributed by atoms with Crippen LogP contribution in [0.1, 0.15) is 38.2 Å². The molecule has 0 bridgehead atoms. The van der Waals surface area contributed by atoms with Crippen molar-refractivity contribution in [2.45, 2.75) is 39.0 Å². The molecule has 1 aliphatic rings. The van der Waals surface area contributed by atoms with Crippen LogP contribution in [0, 0.1) is 11.8 Å². The summed E-state index contributed by atoms with van der Waals surface area (Å²) >= 11 is 0. The zero-order chi connectivity index (χ0) is 13.7. The van der Waals surface area contributed by atoms with Crippen molar-refractivity contribution in [2.75, 3.05) is 11.9 Å². The van der Waals surface area contributed by atoms with Gasteiger partial charge in [-0.15, -0.1) is 0 Å². The average molecular weight is 260 g/mol. The lowest BCUT2D eigenvalue weighted by Crippen LogP contribution is -2.29. The molecule has 0 spiro atoms. The fourth-order valence-corrected chi connectivity index (χ4v) is 2.85. The Bertz CT molecular complexity index is 423. The summed E-state index contributed by atoms with van der Waals surface area (Å²) in [6.45, 7) is 2.87. The zero-order valence-electron chi connectivity index (χ0n) is 11.7. The molecule has 1 aromatic rings. The van der Waals surface area contributed by atoms with Crippen molar-refractivity contribution in [2.24, 2.45) is 17.6 Å². The number of benzene rings is 1. The van der Waals surface area contributed by atoms with Gasteiger partial charge in [-0.2, -0.15) is 0 Å². The molecular weight excluding hydrogens is 236 g/mol. The van der Waals surface area contributed by atoms with Gasteiger partial charge < -0.3 is 11.1 Å². The monoisotopic (exact) mass is 260 g/mol. The molecule has 2 rings (SSSR count). The van der Waals surface area contributed by atoms with E-state index in [1.54, 1.807) is 0 Å². The number of carbonyl (C=O) groups excluding carboxylic acids is 1. The summed E-state index contributed by atoms with van der Waals surface area (Å²) in [5, 5.41) is 3.09. The summed E-state index contributed by atoms with van der Waals surface area (Å²) in [5.74, 6) is 0.955. The Morgan fingerprint density at radius 3 is 2.58 bits per heavy atom. The number of nitrogens with one attached hydrogen (secondary N) is 1.